The summed E-state index contributed by atoms with van der Waals surface area (Å²) >= 11 is 5.81. The lowest BCUT2D eigenvalue weighted by atomic mass is 10.2. The van der Waals surface area contributed by atoms with Gasteiger partial charge in [-0.05, 0) is 72.8 Å². The van der Waals surface area contributed by atoms with Crippen LogP contribution in [0.15, 0.2) is 183 Å². The van der Waals surface area contributed by atoms with Gasteiger partial charge in [0.05, 0.1) is 22.4 Å². The fourth-order valence-electron chi connectivity index (χ4n) is 6.04. The number of hydrogen-bond donors (Lipinski definition) is 4. The van der Waals surface area contributed by atoms with Gasteiger partial charge in [0.25, 0.3) is 23.7 Å². The summed E-state index contributed by atoms with van der Waals surface area (Å²) in [5.74, 6) is 1.01. The van der Waals surface area contributed by atoms with E-state index in [0.717, 1.165) is 33.2 Å². The lowest BCUT2D eigenvalue weighted by molar-refractivity contribution is 0.101. The molecular formula is C46H35ClN14O2. The van der Waals surface area contributed by atoms with Crippen molar-refractivity contribution in [3.63, 3.8) is 0 Å². The number of fused-ring (bicyclic) bond motifs is 2. The minimum Gasteiger partial charge on any atom is -0.368 e. The molecule has 17 heteroatoms. The molecule has 0 unspecified atom stereocenters. The Bertz CT molecular complexity index is 3100. The van der Waals surface area contributed by atoms with Crippen molar-refractivity contribution in [3.8, 4) is 11.4 Å². The number of aromatic nitrogens is 10. The maximum Gasteiger partial charge on any atom is 0.258 e. The van der Waals surface area contributed by atoms with Crippen LogP contribution >= 0.6 is 11.6 Å². The quantitative estimate of drug-likeness (QED) is 0.106. The van der Waals surface area contributed by atoms with E-state index in [-0.39, 0.29) is 29.7 Å². The third-order valence-electron chi connectivity index (χ3n) is 9.03. The molecule has 0 aliphatic heterocycles. The van der Waals surface area contributed by atoms with E-state index in [1.54, 1.807) is 53.2 Å². The molecule has 0 spiro atoms. The van der Waals surface area contributed by atoms with Crippen molar-refractivity contribution >= 4 is 74.8 Å². The summed E-state index contributed by atoms with van der Waals surface area (Å²) in [5, 5.41) is 19.6. The predicted octanol–water partition coefficient (Wildman–Crippen LogP) is 8.59. The van der Waals surface area contributed by atoms with E-state index in [1.807, 2.05) is 121 Å². The van der Waals surface area contributed by atoms with Gasteiger partial charge in [-0.3, -0.25) is 20.2 Å². The number of para-hydroxylation sites is 4. The maximum atomic E-state index is 12.6. The van der Waals surface area contributed by atoms with Crippen LogP contribution in [0.3, 0.4) is 0 Å². The van der Waals surface area contributed by atoms with Gasteiger partial charge in [-0.2, -0.15) is 19.3 Å². The number of nitrogens with zero attached hydrogens (tertiary/aromatic N) is 10. The van der Waals surface area contributed by atoms with Gasteiger partial charge in [0.15, 0.2) is 0 Å². The zero-order chi connectivity index (χ0) is 43.4. The molecule has 0 aliphatic carbocycles. The molecule has 0 fully saturated rings. The SMILES string of the molecule is Clc1ncnc2ccccc12.Nc1nc(NC(=O)c2ccccc2)nn1-c1ccccc1.O=C(Nc1nc(Nc2ncnc3ccccc23)n(-c2ccccc2)n1)c1ccccc1. The third kappa shape index (κ3) is 10.1. The van der Waals surface area contributed by atoms with E-state index in [2.05, 4.69) is 56.1 Å². The number of nitrogens with two attached hydrogens (primary N) is 1. The van der Waals surface area contributed by atoms with Gasteiger partial charge >= 0.3 is 0 Å². The van der Waals surface area contributed by atoms with Crippen molar-refractivity contribution in [3.05, 3.63) is 199 Å². The van der Waals surface area contributed by atoms with Gasteiger partial charge in [0.1, 0.15) is 23.6 Å². The van der Waals surface area contributed by atoms with E-state index in [4.69, 9.17) is 17.3 Å². The highest BCUT2D eigenvalue weighted by Crippen LogP contribution is 2.25. The van der Waals surface area contributed by atoms with Gasteiger partial charge in [0.2, 0.25) is 11.9 Å². The van der Waals surface area contributed by atoms with Crippen LogP contribution < -0.4 is 21.7 Å². The Morgan fingerprint density at radius 3 is 1.51 bits per heavy atom. The summed E-state index contributed by atoms with van der Waals surface area (Å²) in [6.07, 6.45) is 2.96. The van der Waals surface area contributed by atoms with Crippen LogP contribution in [0.4, 0.5) is 29.6 Å². The van der Waals surface area contributed by atoms with Crippen molar-refractivity contribution in [2.45, 2.75) is 0 Å². The molecule has 0 bridgehead atoms. The number of nitrogen functional groups attached to an aromatic ring is 1. The molecule has 6 aromatic carbocycles. The number of hydrogen-bond acceptors (Lipinski definition) is 12. The molecule has 308 valence electrons. The lowest BCUT2D eigenvalue weighted by Gasteiger charge is -2.09. The molecule has 2 amide bonds. The molecule has 16 nitrogen and oxygen atoms in total. The van der Waals surface area contributed by atoms with Crippen molar-refractivity contribution in [2.75, 3.05) is 21.7 Å². The Hall–Kier alpha value is -8.89. The lowest BCUT2D eigenvalue weighted by Crippen LogP contribution is -2.13. The van der Waals surface area contributed by atoms with Gasteiger partial charge in [-0.15, -0.1) is 10.2 Å². The Balaban J connectivity index is 0.000000146. The number of nitrogens with one attached hydrogen (secondary N) is 3. The topological polar surface area (TPSA) is 209 Å². The molecule has 4 heterocycles. The highest BCUT2D eigenvalue weighted by Gasteiger charge is 2.17. The zero-order valence-corrected chi connectivity index (χ0v) is 33.8. The van der Waals surface area contributed by atoms with Crippen LogP contribution in [0.25, 0.3) is 33.2 Å². The Morgan fingerprint density at radius 1 is 0.492 bits per heavy atom. The number of anilines is 5. The normalized spacial score (nSPS) is 10.5. The Morgan fingerprint density at radius 2 is 0.937 bits per heavy atom. The number of rotatable bonds is 8. The average molecular weight is 851 g/mol. The van der Waals surface area contributed by atoms with Crippen molar-refractivity contribution in [2.24, 2.45) is 0 Å². The molecule has 0 radical (unpaired) electrons. The van der Waals surface area contributed by atoms with Crippen molar-refractivity contribution in [1.82, 2.24) is 49.5 Å². The van der Waals surface area contributed by atoms with E-state index >= 15 is 0 Å². The van der Waals surface area contributed by atoms with Crippen LogP contribution in [0.1, 0.15) is 20.7 Å². The molecule has 0 atom stereocenters. The number of amides is 2. The molecule has 0 saturated carbocycles. The molecule has 0 aliphatic rings. The van der Waals surface area contributed by atoms with Gasteiger partial charge in [-0.1, -0.05) is 109 Å². The van der Waals surface area contributed by atoms with Crippen LogP contribution in [-0.2, 0) is 0 Å². The minimum absolute atomic E-state index is 0.171. The monoisotopic (exact) mass is 850 g/mol. The third-order valence-corrected chi connectivity index (χ3v) is 9.33. The van der Waals surface area contributed by atoms with Gasteiger partial charge < -0.3 is 11.1 Å². The number of halogens is 1. The highest BCUT2D eigenvalue weighted by molar-refractivity contribution is 6.34. The largest absolute Gasteiger partial charge is 0.368 e. The zero-order valence-electron chi connectivity index (χ0n) is 33.1. The van der Waals surface area contributed by atoms with Crippen LogP contribution in [0.5, 0.6) is 0 Å². The standard InChI is InChI=1S/C23H17N7O.C15H13N5O.C8H5ClN2/c31-21(16-9-3-1-4-10-16)27-22-28-23(30(29-22)17-11-5-2-6-12-17)26-20-18-13-7-8-14-19(18)24-15-25-20;16-14-18-15(17-13(21)11-7-3-1-4-8-11)19-20(14)12-9-5-2-6-10-12;9-8-6-3-1-2-4-7(6)10-5-11-8/h1-15H,(H2,24,25,26,27,28,29,31);1-10H,(H3,16,17,18,19,21);1-5H. The number of carbonyl (C=O) groups is 2. The molecule has 63 heavy (non-hydrogen) atoms. The number of carbonyl (C=O) groups excluding carboxylic acids is 2. The fourth-order valence-corrected chi connectivity index (χ4v) is 6.24. The summed E-state index contributed by atoms with van der Waals surface area (Å²) < 4.78 is 3.10. The summed E-state index contributed by atoms with van der Waals surface area (Å²) in [4.78, 5) is 49.7. The fraction of sp³-hybridized carbons (Fsp3) is 0. The number of benzene rings is 6. The molecule has 5 N–H and O–H groups in total. The van der Waals surface area contributed by atoms with Gasteiger partial charge in [0, 0.05) is 21.9 Å². The van der Waals surface area contributed by atoms with E-state index in [1.165, 1.54) is 17.3 Å². The second-order valence-corrected chi connectivity index (χ2v) is 13.6. The first-order valence-electron chi connectivity index (χ1n) is 19.2. The van der Waals surface area contributed by atoms with Gasteiger partial charge in [-0.25, -0.2) is 19.9 Å². The second-order valence-electron chi connectivity index (χ2n) is 13.2. The molecule has 10 aromatic rings. The summed E-state index contributed by atoms with van der Waals surface area (Å²) in [5.41, 5.74) is 10.1. The smallest absolute Gasteiger partial charge is 0.258 e. The minimum atomic E-state index is -0.287. The first-order valence-corrected chi connectivity index (χ1v) is 19.6. The average Bonchev–Trinajstić information content (AvgIpc) is 3.92. The molecule has 0 saturated heterocycles. The highest BCUT2D eigenvalue weighted by atomic mass is 35.5. The van der Waals surface area contributed by atoms with Crippen LogP contribution in [0.2, 0.25) is 5.15 Å². The van der Waals surface area contributed by atoms with Crippen molar-refractivity contribution in [1.29, 1.82) is 0 Å². The van der Waals surface area contributed by atoms with E-state index in [9.17, 15) is 9.59 Å². The van der Waals surface area contributed by atoms with E-state index < -0.39 is 0 Å². The summed E-state index contributed by atoms with van der Waals surface area (Å²) in [6.45, 7) is 0. The van der Waals surface area contributed by atoms with Crippen molar-refractivity contribution < 1.29 is 9.59 Å². The summed E-state index contributed by atoms with van der Waals surface area (Å²) in [7, 11) is 0. The molecule has 4 aromatic heterocycles. The Labute approximate surface area is 364 Å². The van der Waals surface area contributed by atoms with Crippen LogP contribution in [0, 0.1) is 0 Å². The second kappa shape index (κ2) is 19.4. The molecular weight excluding hydrogens is 816 g/mol. The van der Waals surface area contributed by atoms with E-state index in [0.29, 0.717) is 28.0 Å². The summed E-state index contributed by atoms with van der Waals surface area (Å²) in [6, 6.07) is 52.0. The Kier molecular flexibility index (Phi) is 12.6. The predicted molar refractivity (Wildman–Crippen MR) is 243 cm³/mol. The molecule has 10 rings (SSSR count). The first kappa shape index (κ1) is 40.9. The van der Waals surface area contributed by atoms with Crippen LogP contribution in [-0.4, -0.2) is 61.3 Å². The first-order chi connectivity index (χ1) is 30.9. The maximum absolute atomic E-state index is 12.6.